The Labute approximate surface area is 177 Å². The summed E-state index contributed by atoms with van der Waals surface area (Å²) in [4.78, 5) is 36.2. The summed E-state index contributed by atoms with van der Waals surface area (Å²) in [5, 5.41) is 0.446. The molecule has 10 heteroatoms. The average Bonchev–Trinajstić information content (AvgIpc) is 3.02. The number of aromatic nitrogens is 4. The van der Waals surface area contributed by atoms with Crippen LogP contribution in [0, 0.1) is 0 Å². The van der Waals surface area contributed by atoms with Crippen LogP contribution < -0.4 is 16.2 Å². The molecule has 0 bridgehead atoms. The Morgan fingerprint density at radius 1 is 1.24 bits per heavy atom. The fraction of sp³-hybridized carbons (Fsp3) is 0.0526. The first-order chi connectivity index (χ1) is 13.9. The number of H-pyrrole nitrogens is 1. The highest BCUT2D eigenvalue weighted by molar-refractivity contribution is 9.10. The Bertz CT molecular complexity index is 1330. The summed E-state index contributed by atoms with van der Waals surface area (Å²) in [6, 6.07) is 12.0. The van der Waals surface area contributed by atoms with E-state index in [1.165, 1.54) is 11.7 Å². The minimum absolute atomic E-state index is 0.107. The smallest absolute Gasteiger partial charge is 0.332 e. The van der Waals surface area contributed by atoms with Crippen molar-refractivity contribution in [3.05, 3.63) is 68.1 Å². The SMILES string of the molecule is COc1ccc(Br)cc1-c1nc(C(N)=O)c2[nH]c(=O)n(-c3cccc(Cl)c3)c2n1. The van der Waals surface area contributed by atoms with Crippen LogP contribution in [0.15, 0.2) is 51.7 Å². The number of nitrogens with one attached hydrogen (secondary N) is 1. The summed E-state index contributed by atoms with van der Waals surface area (Å²) < 4.78 is 7.46. The van der Waals surface area contributed by atoms with E-state index in [-0.39, 0.29) is 22.7 Å². The van der Waals surface area contributed by atoms with Crippen LogP contribution >= 0.6 is 27.5 Å². The van der Waals surface area contributed by atoms with E-state index in [2.05, 4.69) is 30.9 Å². The molecule has 4 aromatic rings. The van der Waals surface area contributed by atoms with E-state index in [9.17, 15) is 9.59 Å². The van der Waals surface area contributed by atoms with Crippen molar-refractivity contribution in [1.29, 1.82) is 0 Å². The number of carbonyl (C=O) groups excluding carboxylic acids is 1. The van der Waals surface area contributed by atoms with Gasteiger partial charge in [-0.3, -0.25) is 4.79 Å². The molecule has 2 aromatic heterocycles. The van der Waals surface area contributed by atoms with E-state index in [0.717, 1.165) is 4.47 Å². The third-order valence-corrected chi connectivity index (χ3v) is 4.97. The van der Waals surface area contributed by atoms with Gasteiger partial charge in [0.15, 0.2) is 17.2 Å². The van der Waals surface area contributed by atoms with Crippen molar-refractivity contribution in [1.82, 2.24) is 19.5 Å². The molecule has 3 N–H and O–H groups in total. The molecule has 1 amide bonds. The van der Waals surface area contributed by atoms with Crippen molar-refractivity contribution in [2.24, 2.45) is 5.73 Å². The zero-order valence-electron chi connectivity index (χ0n) is 14.9. The second kappa shape index (κ2) is 7.34. The first-order valence-electron chi connectivity index (χ1n) is 8.31. The number of hydrogen-bond acceptors (Lipinski definition) is 5. The zero-order chi connectivity index (χ0) is 20.7. The second-order valence-electron chi connectivity index (χ2n) is 6.05. The molecule has 0 aliphatic heterocycles. The molecular formula is C19H13BrClN5O3. The molecule has 0 atom stereocenters. The number of amides is 1. The van der Waals surface area contributed by atoms with Crippen LogP contribution in [0.2, 0.25) is 5.02 Å². The van der Waals surface area contributed by atoms with Gasteiger partial charge in [0.2, 0.25) is 0 Å². The molecule has 0 spiro atoms. The van der Waals surface area contributed by atoms with Crippen LogP contribution in [-0.4, -0.2) is 32.5 Å². The molecule has 0 radical (unpaired) electrons. The van der Waals surface area contributed by atoms with Gasteiger partial charge in [0, 0.05) is 9.50 Å². The summed E-state index contributed by atoms with van der Waals surface area (Å²) >= 11 is 9.48. The summed E-state index contributed by atoms with van der Waals surface area (Å²) in [6.45, 7) is 0. The third kappa shape index (κ3) is 3.39. The number of hydrogen-bond donors (Lipinski definition) is 2. The number of aromatic amines is 1. The number of rotatable bonds is 4. The van der Waals surface area contributed by atoms with Crippen LogP contribution in [0.3, 0.4) is 0 Å². The monoisotopic (exact) mass is 473 g/mol. The van der Waals surface area contributed by atoms with Crippen LogP contribution in [0.5, 0.6) is 5.75 Å². The Balaban J connectivity index is 2.09. The molecule has 0 aliphatic carbocycles. The fourth-order valence-corrected chi connectivity index (χ4v) is 3.54. The Kier molecular flexibility index (Phi) is 4.85. The van der Waals surface area contributed by atoms with Crippen molar-refractivity contribution in [2.45, 2.75) is 0 Å². The van der Waals surface area contributed by atoms with Crippen LogP contribution in [-0.2, 0) is 0 Å². The first-order valence-corrected chi connectivity index (χ1v) is 9.48. The highest BCUT2D eigenvalue weighted by Crippen LogP contribution is 2.32. The van der Waals surface area contributed by atoms with Crippen LogP contribution in [0.1, 0.15) is 10.5 Å². The Morgan fingerprint density at radius 3 is 2.72 bits per heavy atom. The normalized spacial score (nSPS) is 11.0. The summed E-state index contributed by atoms with van der Waals surface area (Å²) in [7, 11) is 1.51. The van der Waals surface area contributed by atoms with E-state index < -0.39 is 11.6 Å². The number of carbonyl (C=O) groups is 1. The van der Waals surface area contributed by atoms with E-state index >= 15 is 0 Å². The molecule has 0 fully saturated rings. The minimum Gasteiger partial charge on any atom is -0.496 e. The Hall–Kier alpha value is -3.17. The van der Waals surface area contributed by atoms with Crippen molar-refractivity contribution in [3.63, 3.8) is 0 Å². The van der Waals surface area contributed by atoms with Gasteiger partial charge in [0.05, 0.1) is 18.4 Å². The summed E-state index contributed by atoms with van der Waals surface area (Å²) in [5.74, 6) is -0.124. The lowest BCUT2D eigenvalue weighted by atomic mass is 10.2. The molecule has 0 unspecified atom stereocenters. The summed E-state index contributed by atoms with van der Waals surface area (Å²) in [5.41, 5.74) is 6.26. The van der Waals surface area contributed by atoms with Gasteiger partial charge in [-0.15, -0.1) is 0 Å². The van der Waals surface area contributed by atoms with Crippen molar-refractivity contribution in [2.75, 3.05) is 7.11 Å². The molecule has 146 valence electrons. The second-order valence-corrected chi connectivity index (χ2v) is 7.40. The molecule has 2 aromatic carbocycles. The third-order valence-electron chi connectivity index (χ3n) is 4.24. The molecule has 8 nitrogen and oxygen atoms in total. The predicted octanol–water partition coefficient (Wildman–Crippen LogP) is 3.30. The van der Waals surface area contributed by atoms with Crippen molar-refractivity contribution < 1.29 is 9.53 Å². The number of imidazole rings is 1. The van der Waals surface area contributed by atoms with E-state index in [1.54, 1.807) is 42.5 Å². The lowest BCUT2D eigenvalue weighted by molar-refractivity contribution is 0.0997. The molecular weight excluding hydrogens is 462 g/mol. The molecule has 29 heavy (non-hydrogen) atoms. The maximum atomic E-state index is 12.7. The maximum Gasteiger partial charge on any atom is 0.332 e. The number of primary amides is 1. The molecule has 0 aliphatic rings. The van der Waals surface area contributed by atoms with Crippen LogP contribution in [0.4, 0.5) is 0 Å². The number of ether oxygens (including phenoxy) is 1. The average molecular weight is 475 g/mol. The first kappa shape index (κ1) is 19.2. The number of benzene rings is 2. The topological polar surface area (TPSA) is 116 Å². The quantitative estimate of drug-likeness (QED) is 0.471. The van der Waals surface area contributed by atoms with Gasteiger partial charge in [-0.2, -0.15) is 0 Å². The van der Waals surface area contributed by atoms with Gasteiger partial charge in [-0.05, 0) is 36.4 Å². The minimum atomic E-state index is -0.799. The van der Waals surface area contributed by atoms with Crippen molar-refractivity contribution >= 4 is 44.6 Å². The standard InChI is InChI=1S/C19H13BrClN5O3/c1-29-13-6-5-9(20)7-12(13)17-23-14(16(22)27)15-18(25-17)26(19(28)24-15)11-4-2-3-10(21)8-11/h2-8H,1H3,(H2,22,27)(H,24,28). The lowest BCUT2D eigenvalue weighted by Crippen LogP contribution is -2.15. The number of nitrogens with two attached hydrogens (primary N) is 1. The number of methoxy groups -OCH3 is 1. The Morgan fingerprint density at radius 2 is 2.03 bits per heavy atom. The van der Waals surface area contributed by atoms with Gasteiger partial charge >= 0.3 is 5.69 Å². The van der Waals surface area contributed by atoms with Gasteiger partial charge in [0.1, 0.15) is 11.3 Å². The molecule has 4 rings (SSSR count). The van der Waals surface area contributed by atoms with Gasteiger partial charge in [-0.25, -0.2) is 19.3 Å². The largest absolute Gasteiger partial charge is 0.496 e. The fourth-order valence-electron chi connectivity index (χ4n) is 2.99. The molecule has 2 heterocycles. The van der Waals surface area contributed by atoms with Gasteiger partial charge < -0.3 is 15.5 Å². The number of fused-ring (bicyclic) bond motifs is 1. The predicted molar refractivity (Wildman–Crippen MR) is 113 cm³/mol. The number of halogens is 2. The van der Waals surface area contributed by atoms with Gasteiger partial charge in [-0.1, -0.05) is 33.6 Å². The van der Waals surface area contributed by atoms with Crippen molar-refractivity contribution in [3.8, 4) is 22.8 Å². The van der Waals surface area contributed by atoms with Crippen LogP contribution in [0.25, 0.3) is 28.2 Å². The zero-order valence-corrected chi connectivity index (χ0v) is 17.3. The molecule has 0 saturated heterocycles. The molecule has 0 saturated carbocycles. The number of nitrogens with zero attached hydrogens (tertiary/aromatic N) is 3. The lowest BCUT2D eigenvalue weighted by Gasteiger charge is -2.10. The summed E-state index contributed by atoms with van der Waals surface area (Å²) in [6.07, 6.45) is 0. The van der Waals surface area contributed by atoms with E-state index in [4.69, 9.17) is 22.1 Å². The van der Waals surface area contributed by atoms with E-state index in [1.807, 2.05) is 0 Å². The van der Waals surface area contributed by atoms with E-state index in [0.29, 0.717) is 22.0 Å². The highest BCUT2D eigenvalue weighted by atomic mass is 79.9. The van der Waals surface area contributed by atoms with Gasteiger partial charge in [0.25, 0.3) is 5.91 Å². The maximum absolute atomic E-state index is 12.7. The highest BCUT2D eigenvalue weighted by Gasteiger charge is 2.21.